The Labute approximate surface area is 432 Å². The molecule has 2 saturated heterocycles. The SMILES string of the molecule is C=CC(CO[C@H]1O[C@@H](C)[C@@H](OC(C)=O)[C@H](OC)[C@@H]1OC)C(CO)OC(=O)CC(=O)C(C)C(O[C@H]1O[C@H](C)[C@H](O)[C@@H](N(C)C)[C@H]1O)C(CCN(Cc1ccccc1)Cc1ccccc1)CC(C)NC(=O)/C=C/CC. The molecule has 0 aromatic heterocycles. The maximum Gasteiger partial charge on any atom is 0.313 e. The Hall–Kier alpha value is -4.44. The summed E-state index contributed by atoms with van der Waals surface area (Å²) in [7, 11) is 6.35. The van der Waals surface area contributed by atoms with Gasteiger partial charge in [-0.3, -0.25) is 24.1 Å². The number of ketones is 1. The minimum atomic E-state index is -1.35. The van der Waals surface area contributed by atoms with Crippen LogP contribution >= 0.6 is 0 Å². The van der Waals surface area contributed by atoms with Gasteiger partial charge in [0.05, 0.1) is 43.7 Å². The number of methoxy groups -OCH3 is 2. The highest BCUT2D eigenvalue weighted by molar-refractivity contribution is 5.97. The van der Waals surface area contributed by atoms with Crippen molar-refractivity contribution in [1.82, 2.24) is 15.1 Å². The summed E-state index contributed by atoms with van der Waals surface area (Å²) < 4.78 is 47.7. The standard InChI is InChI=1S/C55H83N3O15/c1-12-14-25-45(62)56-34(3)28-42(26-27-58(30-39-21-17-15-18-22-39)31-40-23-19-16-20-24-40)50(73-54-49(65)47(57(8)9)48(64)36(5)69-54)35(4)43(61)29-46(63)72-44(32-59)41(13-2)33-68-55-53(67-11)52(66-10)51(37(6)70-55)71-38(7)60/h13-25,34-37,41-42,44,47-55,59,64-65H,2,12,26-33H2,1,3-11H3,(H,56,62)/b25-14+/t34?,35?,36-,37+,41?,42?,44?,47-,48+,49-,50?,51-,52+,53+,54-,55+/m1/s1. The highest BCUT2D eigenvalue weighted by Gasteiger charge is 2.49. The van der Waals surface area contributed by atoms with Crippen LogP contribution in [0.5, 0.6) is 0 Å². The number of ether oxygens (including phenoxy) is 8. The number of hydrogen-bond donors (Lipinski definition) is 4. The molecule has 18 heteroatoms. The Kier molecular flexibility index (Phi) is 25.8. The monoisotopic (exact) mass is 1030 g/mol. The van der Waals surface area contributed by atoms with Crippen LogP contribution in [-0.4, -0.2) is 176 Å². The van der Waals surface area contributed by atoms with E-state index in [1.54, 1.807) is 45.8 Å². The molecule has 2 aliphatic rings. The maximum absolute atomic E-state index is 14.6. The highest BCUT2D eigenvalue weighted by Crippen LogP contribution is 2.34. The van der Waals surface area contributed by atoms with Gasteiger partial charge in [-0.2, -0.15) is 0 Å². The summed E-state index contributed by atoms with van der Waals surface area (Å²) in [6.45, 7) is 15.0. The first-order valence-electron chi connectivity index (χ1n) is 25.4. The zero-order chi connectivity index (χ0) is 53.8. The van der Waals surface area contributed by atoms with E-state index in [1.165, 1.54) is 33.3 Å². The number of Topliss-reactive ketones (excluding diaryl/α,β-unsaturated/α-hetero) is 1. The molecule has 2 aromatic rings. The highest BCUT2D eigenvalue weighted by atomic mass is 16.7. The van der Waals surface area contributed by atoms with Crippen molar-refractivity contribution in [3.63, 3.8) is 0 Å². The Morgan fingerprint density at radius 2 is 1.47 bits per heavy atom. The lowest BCUT2D eigenvalue weighted by Gasteiger charge is -2.46. The van der Waals surface area contributed by atoms with Crippen LogP contribution < -0.4 is 5.32 Å². The largest absolute Gasteiger partial charge is 0.459 e. The lowest BCUT2D eigenvalue weighted by atomic mass is 9.82. The van der Waals surface area contributed by atoms with Gasteiger partial charge >= 0.3 is 11.9 Å². The quantitative estimate of drug-likeness (QED) is 0.0370. The maximum atomic E-state index is 14.6. The third kappa shape index (κ3) is 18.4. The normalized spacial score (nSPS) is 26.9. The van der Waals surface area contributed by atoms with Gasteiger partial charge in [-0.05, 0) is 83.8 Å². The summed E-state index contributed by atoms with van der Waals surface area (Å²) in [5.41, 5.74) is 2.21. The number of carbonyl (C=O) groups excluding carboxylic acids is 4. The van der Waals surface area contributed by atoms with Crippen molar-refractivity contribution in [3.8, 4) is 0 Å². The van der Waals surface area contributed by atoms with Gasteiger partial charge in [-0.1, -0.05) is 86.7 Å². The second kappa shape index (κ2) is 30.8. The van der Waals surface area contributed by atoms with Crippen molar-refractivity contribution < 1.29 is 72.4 Å². The van der Waals surface area contributed by atoms with Crippen molar-refractivity contribution in [2.45, 2.75) is 160 Å². The molecule has 2 aromatic carbocycles. The Morgan fingerprint density at radius 3 is 2.00 bits per heavy atom. The number of carbonyl (C=O) groups is 4. The fraction of sp³-hybridized carbons (Fsp3) is 0.636. The number of benzene rings is 2. The van der Waals surface area contributed by atoms with Gasteiger partial charge in [0.25, 0.3) is 0 Å². The summed E-state index contributed by atoms with van der Waals surface area (Å²) in [5.74, 6) is -4.54. The van der Waals surface area contributed by atoms with Crippen LogP contribution in [0, 0.1) is 17.8 Å². The van der Waals surface area contributed by atoms with E-state index in [1.807, 2.05) is 50.2 Å². The van der Waals surface area contributed by atoms with Crippen molar-refractivity contribution in [3.05, 3.63) is 96.6 Å². The molecule has 408 valence electrons. The summed E-state index contributed by atoms with van der Waals surface area (Å²) >= 11 is 0. The molecule has 2 aliphatic heterocycles. The number of aliphatic hydroxyl groups is 3. The number of amides is 1. The molecule has 2 fully saturated rings. The van der Waals surface area contributed by atoms with Crippen LogP contribution in [-0.2, 0) is 70.2 Å². The van der Waals surface area contributed by atoms with Gasteiger partial charge in [-0.15, -0.1) is 6.58 Å². The van der Waals surface area contributed by atoms with Crippen LogP contribution in [0.4, 0.5) is 0 Å². The fourth-order valence-corrected chi connectivity index (χ4v) is 9.69. The van der Waals surface area contributed by atoms with Crippen LogP contribution in [0.25, 0.3) is 0 Å². The van der Waals surface area contributed by atoms with Crippen LogP contribution in [0.2, 0.25) is 0 Å². The van der Waals surface area contributed by atoms with Crippen molar-refractivity contribution in [1.29, 1.82) is 0 Å². The smallest absolute Gasteiger partial charge is 0.313 e. The molecule has 73 heavy (non-hydrogen) atoms. The van der Waals surface area contributed by atoms with E-state index in [0.717, 1.165) is 11.1 Å². The second-order valence-electron chi connectivity index (χ2n) is 19.5. The molecule has 4 rings (SSSR count). The van der Waals surface area contributed by atoms with E-state index >= 15 is 0 Å². The summed E-state index contributed by atoms with van der Waals surface area (Å²) in [5, 5.41) is 36.5. The minimum Gasteiger partial charge on any atom is -0.459 e. The van der Waals surface area contributed by atoms with Gasteiger partial charge in [0.15, 0.2) is 18.7 Å². The fourth-order valence-electron chi connectivity index (χ4n) is 9.69. The van der Waals surface area contributed by atoms with Gasteiger partial charge < -0.3 is 63.4 Å². The number of rotatable bonds is 30. The molecule has 0 radical (unpaired) electrons. The first-order valence-corrected chi connectivity index (χ1v) is 25.4. The molecule has 4 N–H and O–H groups in total. The van der Waals surface area contributed by atoms with Crippen molar-refractivity contribution in [2.24, 2.45) is 17.8 Å². The molecule has 2 heterocycles. The summed E-state index contributed by atoms with van der Waals surface area (Å²) in [6.07, 6.45) is -5.22. The van der Waals surface area contributed by atoms with E-state index in [4.69, 9.17) is 37.9 Å². The molecule has 0 spiro atoms. The first kappa shape index (κ1) is 61.1. The number of nitrogens with one attached hydrogen (secondary N) is 1. The lowest BCUT2D eigenvalue weighted by Crippen LogP contribution is -2.63. The van der Waals surface area contributed by atoms with Gasteiger partial charge in [-0.25, -0.2) is 0 Å². The third-order valence-corrected chi connectivity index (χ3v) is 13.6. The average molecular weight is 1030 g/mol. The molecule has 1 amide bonds. The topological polar surface area (TPSA) is 221 Å². The number of esters is 2. The zero-order valence-corrected chi connectivity index (χ0v) is 44.4. The molecule has 0 aliphatic carbocycles. The Morgan fingerprint density at radius 1 is 0.863 bits per heavy atom. The number of likely N-dealkylation sites (N-methyl/N-ethyl adjacent to an activating group) is 1. The predicted octanol–water partition coefficient (Wildman–Crippen LogP) is 4.36. The molecule has 18 nitrogen and oxygen atoms in total. The van der Waals surface area contributed by atoms with E-state index in [0.29, 0.717) is 38.9 Å². The van der Waals surface area contributed by atoms with Gasteiger partial charge in [0, 0.05) is 52.1 Å². The van der Waals surface area contributed by atoms with E-state index in [9.17, 15) is 34.5 Å². The number of allylic oxidation sites excluding steroid dienone is 1. The van der Waals surface area contributed by atoms with E-state index in [-0.39, 0.29) is 12.5 Å². The van der Waals surface area contributed by atoms with Crippen molar-refractivity contribution >= 4 is 23.6 Å². The number of hydrogen-bond acceptors (Lipinski definition) is 17. The predicted molar refractivity (Wildman–Crippen MR) is 272 cm³/mol. The second-order valence-corrected chi connectivity index (χ2v) is 19.5. The average Bonchev–Trinajstić information content (AvgIpc) is 3.35. The van der Waals surface area contributed by atoms with E-state index in [2.05, 4.69) is 41.1 Å². The molecular formula is C55H83N3O15. The third-order valence-electron chi connectivity index (χ3n) is 13.6. The van der Waals surface area contributed by atoms with E-state index < -0.39 is 128 Å². The first-order chi connectivity index (χ1) is 34.8. The number of aliphatic hydroxyl groups excluding tert-OH is 3. The minimum absolute atomic E-state index is 0.158. The molecule has 0 saturated carbocycles. The lowest BCUT2D eigenvalue weighted by molar-refractivity contribution is -0.306. The van der Waals surface area contributed by atoms with Gasteiger partial charge in [0.1, 0.15) is 36.6 Å². The summed E-state index contributed by atoms with van der Waals surface area (Å²) in [6, 6.07) is 19.0. The Balaban J connectivity index is 1.63. The van der Waals surface area contributed by atoms with Crippen LogP contribution in [0.15, 0.2) is 85.5 Å². The van der Waals surface area contributed by atoms with Crippen molar-refractivity contribution in [2.75, 3.05) is 48.1 Å². The number of nitrogens with zero attached hydrogens (tertiary/aromatic N) is 2. The molecule has 0 bridgehead atoms. The summed E-state index contributed by atoms with van der Waals surface area (Å²) in [4.78, 5) is 57.4. The molecule has 6 unspecified atom stereocenters. The zero-order valence-electron chi connectivity index (χ0n) is 44.4. The Bertz CT molecular complexity index is 1970. The molecular weight excluding hydrogens is 943 g/mol. The van der Waals surface area contributed by atoms with Crippen LogP contribution in [0.3, 0.4) is 0 Å². The molecule has 16 atom stereocenters. The van der Waals surface area contributed by atoms with Crippen LogP contribution in [0.1, 0.15) is 78.4 Å². The van der Waals surface area contributed by atoms with Gasteiger partial charge in [0.2, 0.25) is 5.91 Å².